The summed E-state index contributed by atoms with van der Waals surface area (Å²) in [4.78, 5) is 27.0. The summed E-state index contributed by atoms with van der Waals surface area (Å²) in [5.41, 5.74) is 8.04. The average molecular weight is 316 g/mol. The van der Waals surface area contributed by atoms with Crippen LogP contribution < -0.4 is 5.43 Å². The Morgan fingerprint density at radius 1 is 1.52 bits per heavy atom. The van der Waals surface area contributed by atoms with E-state index < -0.39 is 17.2 Å². The average Bonchev–Trinajstić information content (AvgIpc) is 3.34. The first-order valence-electron chi connectivity index (χ1n) is 7.17. The third kappa shape index (κ3) is 2.64. The Morgan fingerprint density at radius 2 is 2.26 bits per heavy atom. The lowest BCUT2D eigenvalue weighted by molar-refractivity contribution is 0.0524. The summed E-state index contributed by atoms with van der Waals surface area (Å²) in [6, 6.07) is 2.47. The van der Waals surface area contributed by atoms with Gasteiger partial charge < -0.3 is 9.30 Å². The van der Waals surface area contributed by atoms with Gasteiger partial charge in [-0.15, -0.1) is 0 Å². The third-order valence-electron chi connectivity index (χ3n) is 3.69. The maximum Gasteiger partial charge on any atom is 0.343 e. The van der Waals surface area contributed by atoms with E-state index in [1.165, 1.54) is 12.3 Å². The number of ether oxygens (including phenoxy) is 1. The normalized spacial score (nSPS) is 13.7. The van der Waals surface area contributed by atoms with E-state index in [4.69, 9.17) is 10.3 Å². The molecule has 7 nitrogen and oxygen atoms in total. The van der Waals surface area contributed by atoms with Crippen molar-refractivity contribution in [2.24, 2.45) is 5.11 Å². The molecule has 0 atom stereocenters. The number of carbonyl (C=O) groups is 1. The van der Waals surface area contributed by atoms with Gasteiger partial charge in [0.25, 0.3) is 0 Å². The van der Waals surface area contributed by atoms with Gasteiger partial charge in [0.05, 0.1) is 17.8 Å². The van der Waals surface area contributed by atoms with Crippen LogP contribution in [0.3, 0.4) is 0 Å². The molecule has 1 fully saturated rings. The van der Waals surface area contributed by atoms with Crippen LogP contribution in [0.25, 0.3) is 21.3 Å². The zero-order valence-electron chi connectivity index (χ0n) is 12.3. The molecule has 1 heterocycles. The lowest BCUT2D eigenvalue weighted by Crippen LogP contribution is -2.20. The SMILES string of the molecule is CCOC(=O)c1cn(C2CC2)c2cc(N=[N+]=[N-])c(F)cc2c1=O. The summed E-state index contributed by atoms with van der Waals surface area (Å²) >= 11 is 0. The van der Waals surface area contributed by atoms with Crippen molar-refractivity contribution in [2.45, 2.75) is 25.8 Å². The van der Waals surface area contributed by atoms with Gasteiger partial charge in [-0.3, -0.25) is 4.79 Å². The lowest BCUT2D eigenvalue weighted by Gasteiger charge is -2.13. The smallest absolute Gasteiger partial charge is 0.343 e. The van der Waals surface area contributed by atoms with Crippen LogP contribution in [0.5, 0.6) is 0 Å². The number of rotatable bonds is 4. The van der Waals surface area contributed by atoms with Gasteiger partial charge in [0.1, 0.15) is 11.4 Å². The number of benzene rings is 1. The first-order chi connectivity index (χ1) is 11.1. The molecule has 1 saturated carbocycles. The fourth-order valence-electron chi connectivity index (χ4n) is 2.49. The number of hydrogen-bond acceptors (Lipinski definition) is 4. The lowest BCUT2D eigenvalue weighted by atomic mass is 10.1. The van der Waals surface area contributed by atoms with Gasteiger partial charge in [-0.05, 0) is 37.4 Å². The molecule has 0 saturated heterocycles. The van der Waals surface area contributed by atoms with Gasteiger partial charge in [-0.25, -0.2) is 9.18 Å². The van der Waals surface area contributed by atoms with Crippen molar-refractivity contribution in [3.8, 4) is 0 Å². The monoisotopic (exact) mass is 316 g/mol. The molecule has 0 bridgehead atoms. The molecule has 2 aromatic rings. The van der Waals surface area contributed by atoms with Crippen LogP contribution in [0.15, 0.2) is 28.2 Å². The highest BCUT2D eigenvalue weighted by Crippen LogP contribution is 2.38. The highest BCUT2D eigenvalue weighted by molar-refractivity contribution is 5.94. The van der Waals surface area contributed by atoms with Gasteiger partial charge >= 0.3 is 5.97 Å². The van der Waals surface area contributed by atoms with E-state index in [-0.39, 0.29) is 29.3 Å². The van der Waals surface area contributed by atoms with E-state index in [9.17, 15) is 14.0 Å². The van der Waals surface area contributed by atoms with Crippen molar-refractivity contribution in [3.05, 3.63) is 50.4 Å². The number of pyridine rings is 1. The fourth-order valence-corrected chi connectivity index (χ4v) is 2.49. The zero-order chi connectivity index (χ0) is 16.6. The molecule has 0 spiro atoms. The molecule has 1 aromatic heterocycles. The number of hydrogen-bond donors (Lipinski definition) is 0. The van der Waals surface area contributed by atoms with Crippen molar-refractivity contribution in [3.63, 3.8) is 0 Å². The molecule has 1 aromatic carbocycles. The maximum atomic E-state index is 14.0. The second-order valence-corrected chi connectivity index (χ2v) is 5.24. The minimum Gasteiger partial charge on any atom is -0.462 e. The minimum absolute atomic E-state index is 0.0665. The van der Waals surface area contributed by atoms with Gasteiger partial charge in [0.15, 0.2) is 0 Å². The number of aromatic nitrogens is 1. The van der Waals surface area contributed by atoms with E-state index in [1.54, 1.807) is 11.5 Å². The van der Waals surface area contributed by atoms with Crippen LogP contribution in [-0.2, 0) is 4.74 Å². The first kappa shape index (κ1) is 15.1. The maximum absolute atomic E-state index is 14.0. The van der Waals surface area contributed by atoms with Crippen LogP contribution >= 0.6 is 0 Å². The van der Waals surface area contributed by atoms with E-state index >= 15 is 0 Å². The molecule has 118 valence electrons. The van der Waals surface area contributed by atoms with Crippen molar-refractivity contribution >= 4 is 22.6 Å². The molecule has 1 aliphatic carbocycles. The van der Waals surface area contributed by atoms with Gasteiger partial charge in [0.2, 0.25) is 5.43 Å². The third-order valence-corrected chi connectivity index (χ3v) is 3.69. The number of azide groups is 1. The predicted octanol–water partition coefficient (Wildman–Crippen LogP) is 3.59. The Kier molecular flexibility index (Phi) is 3.75. The molecule has 1 aliphatic rings. The number of carbonyl (C=O) groups excluding carboxylic acids is 1. The minimum atomic E-state index is -0.809. The van der Waals surface area contributed by atoms with Crippen molar-refractivity contribution < 1.29 is 13.9 Å². The number of esters is 1. The second-order valence-electron chi connectivity index (χ2n) is 5.24. The molecule has 8 heteroatoms. The molecule has 23 heavy (non-hydrogen) atoms. The topological polar surface area (TPSA) is 97.1 Å². The Bertz CT molecular complexity index is 911. The molecule has 0 radical (unpaired) electrons. The van der Waals surface area contributed by atoms with Crippen LogP contribution in [0.1, 0.15) is 36.2 Å². The predicted molar refractivity (Wildman–Crippen MR) is 81.2 cm³/mol. The second kappa shape index (κ2) is 5.73. The Balaban J connectivity index is 2.33. The molecule has 3 rings (SSSR count). The zero-order valence-corrected chi connectivity index (χ0v) is 12.3. The molecule has 0 amide bonds. The van der Waals surface area contributed by atoms with Crippen LogP contribution in [0.4, 0.5) is 10.1 Å². The van der Waals surface area contributed by atoms with Gasteiger partial charge in [-0.1, -0.05) is 5.11 Å². The van der Waals surface area contributed by atoms with Crippen LogP contribution in [0.2, 0.25) is 0 Å². The number of halogens is 1. The Labute approximate surface area is 129 Å². The largest absolute Gasteiger partial charge is 0.462 e. The summed E-state index contributed by atoms with van der Waals surface area (Å²) in [5, 5.41) is 3.36. The highest BCUT2D eigenvalue weighted by Gasteiger charge is 2.27. The standard InChI is InChI=1S/C15H13FN4O3/c1-2-23-15(22)10-7-20(8-3-4-8)13-6-12(18-19-17)11(16)5-9(13)14(10)21/h5-8H,2-4H2,1H3. The van der Waals surface area contributed by atoms with Crippen molar-refractivity contribution in [2.75, 3.05) is 6.61 Å². The fraction of sp³-hybridized carbons (Fsp3) is 0.333. The summed E-state index contributed by atoms with van der Waals surface area (Å²) < 4.78 is 20.6. The quantitative estimate of drug-likeness (QED) is 0.373. The van der Waals surface area contributed by atoms with Crippen molar-refractivity contribution in [1.29, 1.82) is 0 Å². The van der Waals surface area contributed by atoms with E-state index in [0.717, 1.165) is 18.9 Å². The van der Waals surface area contributed by atoms with Crippen molar-refractivity contribution in [1.82, 2.24) is 4.57 Å². The molecule has 0 unspecified atom stereocenters. The number of fused-ring (bicyclic) bond motifs is 1. The van der Waals surface area contributed by atoms with E-state index in [0.29, 0.717) is 5.52 Å². The summed E-state index contributed by atoms with van der Waals surface area (Å²) in [6.07, 6.45) is 3.24. The summed E-state index contributed by atoms with van der Waals surface area (Å²) in [6.45, 7) is 1.79. The Morgan fingerprint density at radius 3 is 2.87 bits per heavy atom. The van der Waals surface area contributed by atoms with Crippen LogP contribution in [-0.4, -0.2) is 17.1 Å². The first-order valence-corrected chi connectivity index (χ1v) is 7.17. The summed E-state index contributed by atoms with van der Waals surface area (Å²) in [5.74, 6) is -1.54. The van der Waals surface area contributed by atoms with Crippen LogP contribution in [0, 0.1) is 5.82 Å². The molecular weight excluding hydrogens is 303 g/mol. The van der Waals surface area contributed by atoms with Gasteiger partial charge in [0, 0.05) is 22.5 Å². The number of nitrogens with zero attached hydrogens (tertiary/aromatic N) is 4. The molecular formula is C15H13FN4O3. The molecule has 0 aliphatic heterocycles. The molecule has 0 N–H and O–H groups in total. The van der Waals surface area contributed by atoms with Gasteiger partial charge in [-0.2, -0.15) is 0 Å². The highest BCUT2D eigenvalue weighted by atomic mass is 19.1. The Hall–Kier alpha value is -2.86. The van der Waals surface area contributed by atoms with E-state index in [2.05, 4.69) is 10.0 Å². The van der Waals surface area contributed by atoms with E-state index in [1.807, 2.05) is 0 Å². The summed E-state index contributed by atoms with van der Waals surface area (Å²) in [7, 11) is 0.